The molecule has 1 aliphatic rings. The molecule has 0 aliphatic heterocycles. The Labute approximate surface area is 181 Å². The first kappa shape index (κ1) is 24.0. The van der Waals surface area contributed by atoms with Crippen molar-refractivity contribution < 1.29 is 51.0 Å². The summed E-state index contributed by atoms with van der Waals surface area (Å²) < 4.78 is 1.88. The molecule has 2 nitrogen and oxygen atoms in total. The van der Waals surface area contributed by atoms with Crippen LogP contribution in [0.15, 0.2) is 71.6 Å². The van der Waals surface area contributed by atoms with E-state index in [0.717, 1.165) is 12.1 Å². The third-order valence-corrected chi connectivity index (χ3v) is 4.19. The van der Waals surface area contributed by atoms with Crippen molar-refractivity contribution in [1.29, 1.82) is 0 Å². The Morgan fingerprint density at radius 2 is 1.80 bits per heavy atom. The van der Waals surface area contributed by atoms with E-state index in [2.05, 4.69) is 68.3 Å². The van der Waals surface area contributed by atoms with Gasteiger partial charge in [0.05, 0.1) is 0 Å². The van der Waals surface area contributed by atoms with Crippen LogP contribution in [0, 0.1) is 6.08 Å². The Hall–Kier alpha value is -1.02. The minimum atomic E-state index is 0. The summed E-state index contributed by atoms with van der Waals surface area (Å²) in [5.41, 5.74) is 5.37. The number of allylic oxidation sites excluding steroid dienone is 4. The van der Waals surface area contributed by atoms with E-state index in [1.807, 2.05) is 16.9 Å². The molecule has 0 atom stereocenters. The van der Waals surface area contributed by atoms with Gasteiger partial charge >= 0.3 is 26.2 Å². The number of fused-ring (bicyclic) bond motifs is 1. The zero-order valence-corrected chi connectivity index (χ0v) is 18.5. The van der Waals surface area contributed by atoms with Crippen LogP contribution in [0.5, 0.6) is 0 Å². The van der Waals surface area contributed by atoms with Crippen LogP contribution in [0.2, 0.25) is 0 Å². The Bertz CT molecular complexity index is 807. The van der Waals surface area contributed by atoms with E-state index in [0.29, 0.717) is 0 Å². The zero-order valence-electron chi connectivity index (χ0n) is 14.6. The van der Waals surface area contributed by atoms with Crippen LogP contribution in [-0.4, -0.2) is 9.78 Å². The van der Waals surface area contributed by atoms with E-state index >= 15 is 0 Å². The van der Waals surface area contributed by atoms with Crippen LogP contribution >= 0.6 is 0 Å². The molecule has 0 N–H and O–H groups in total. The summed E-state index contributed by atoms with van der Waals surface area (Å²) in [6.45, 7) is 6.44. The molecule has 128 valence electrons. The van der Waals surface area contributed by atoms with Crippen molar-refractivity contribution in [3.63, 3.8) is 0 Å². The maximum Gasteiger partial charge on any atom is 4.00 e. The van der Waals surface area contributed by atoms with Gasteiger partial charge in [-0.3, -0.25) is 10.8 Å². The van der Waals surface area contributed by atoms with Crippen LogP contribution in [-0.2, 0) is 26.2 Å². The van der Waals surface area contributed by atoms with Crippen molar-refractivity contribution in [1.82, 2.24) is 9.78 Å². The van der Waals surface area contributed by atoms with Crippen LogP contribution in [0.25, 0.3) is 16.5 Å². The van der Waals surface area contributed by atoms with Crippen LogP contribution in [0.1, 0.15) is 27.2 Å². The molecule has 3 aromatic rings. The quantitative estimate of drug-likeness (QED) is 0.445. The summed E-state index contributed by atoms with van der Waals surface area (Å²) in [5, 5.41) is 6.72. The zero-order chi connectivity index (χ0) is 15.5. The summed E-state index contributed by atoms with van der Waals surface area (Å²) in [6, 6.07) is 14.5. The van der Waals surface area contributed by atoms with Crippen molar-refractivity contribution in [3.05, 3.63) is 77.7 Å². The first-order valence-corrected chi connectivity index (χ1v) is 7.55. The molecule has 0 bridgehead atoms. The maximum atomic E-state index is 4.20. The van der Waals surface area contributed by atoms with E-state index in [-0.39, 0.29) is 51.0 Å². The Kier molecular flexibility index (Phi) is 10.4. The SMILES string of the molecule is CC1=[C-]CC(C)=C1C.[Cl-].[Cl-].[Zr+4].c1ccc2[cH-]c(-n3cccn3)cc2c1. The van der Waals surface area contributed by atoms with E-state index in [1.165, 1.54) is 27.5 Å². The number of benzene rings is 1. The summed E-state index contributed by atoms with van der Waals surface area (Å²) >= 11 is 0. The van der Waals surface area contributed by atoms with Crippen molar-refractivity contribution in [2.24, 2.45) is 0 Å². The molecule has 0 fully saturated rings. The molecule has 25 heavy (non-hydrogen) atoms. The fraction of sp³-hybridized carbons (Fsp3) is 0.200. The molecule has 0 amide bonds. The fourth-order valence-corrected chi connectivity index (χ4v) is 2.54. The third kappa shape index (κ3) is 5.74. The topological polar surface area (TPSA) is 17.8 Å². The number of rotatable bonds is 1. The molecule has 2 aromatic carbocycles. The van der Waals surface area contributed by atoms with Gasteiger partial charge in [0.25, 0.3) is 0 Å². The summed E-state index contributed by atoms with van der Waals surface area (Å²) in [4.78, 5) is 0. The standard InChI is InChI=1S/C12H9N2.C8H11.2ClH.Zr/c1-2-5-11-9-12(8-10(11)4-1)14-7-3-6-13-14;1-6-4-5-7(2)8(6)3;;;/h1-9H;4H2,1-3H3;2*1H;/q2*-1;;;+4/p-2. The Balaban J connectivity index is 0.000000462. The largest absolute Gasteiger partial charge is 4.00 e. The van der Waals surface area contributed by atoms with E-state index in [1.54, 1.807) is 6.20 Å². The predicted octanol–water partition coefficient (Wildman–Crippen LogP) is -0.774. The van der Waals surface area contributed by atoms with Gasteiger partial charge in [-0.25, -0.2) is 5.57 Å². The molecule has 0 radical (unpaired) electrons. The van der Waals surface area contributed by atoms with Gasteiger partial charge in [-0.05, 0) is 11.8 Å². The van der Waals surface area contributed by atoms with Crippen LogP contribution in [0.4, 0.5) is 0 Å². The van der Waals surface area contributed by atoms with Gasteiger partial charge in [-0.2, -0.15) is 16.2 Å². The number of nitrogens with zero attached hydrogens (tertiary/aromatic N) is 2. The average Bonchev–Trinajstić information content (AvgIpc) is 3.24. The number of halogens is 2. The fourth-order valence-electron chi connectivity index (χ4n) is 2.54. The molecular weight excluding hydrogens is 430 g/mol. The minimum absolute atomic E-state index is 0. The molecule has 0 saturated heterocycles. The van der Waals surface area contributed by atoms with Gasteiger partial charge in [0.2, 0.25) is 0 Å². The number of aromatic nitrogens is 2. The Morgan fingerprint density at radius 1 is 1.08 bits per heavy atom. The van der Waals surface area contributed by atoms with Gasteiger partial charge in [-0.15, -0.1) is 54.4 Å². The molecule has 0 spiro atoms. The van der Waals surface area contributed by atoms with Gasteiger partial charge < -0.3 is 24.8 Å². The smallest absolute Gasteiger partial charge is 1.00 e. The van der Waals surface area contributed by atoms with Gasteiger partial charge in [0, 0.05) is 12.4 Å². The molecule has 5 heteroatoms. The van der Waals surface area contributed by atoms with E-state index in [4.69, 9.17) is 0 Å². The molecule has 0 unspecified atom stereocenters. The first-order chi connectivity index (χ1) is 10.6. The maximum absolute atomic E-state index is 4.20. The van der Waals surface area contributed by atoms with Crippen molar-refractivity contribution in [3.8, 4) is 5.69 Å². The van der Waals surface area contributed by atoms with Gasteiger partial charge in [-0.1, -0.05) is 19.9 Å². The minimum Gasteiger partial charge on any atom is -1.00 e. The van der Waals surface area contributed by atoms with Crippen molar-refractivity contribution in [2.45, 2.75) is 27.2 Å². The third-order valence-electron chi connectivity index (χ3n) is 4.19. The second-order valence-corrected chi connectivity index (χ2v) is 5.68. The second-order valence-electron chi connectivity index (χ2n) is 5.68. The van der Waals surface area contributed by atoms with Crippen LogP contribution < -0.4 is 24.8 Å². The summed E-state index contributed by atoms with van der Waals surface area (Å²) in [5.74, 6) is 0. The first-order valence-electron chi connectivity index (χ1n) is 7.55. The second kappa shape index (κ2) is 10.9. The molecule has 1 aromatic heterocycles. The number of hydrogen-bond acceptors (Lipinski definition) is 1. The summed E-state index contributed by atoms with van der Waals surface area (Å²) in [7, 11) is 0. The molecule has 1 aliphatic carbocycles. The predicted molar refractivity (Wildman–Crippen MR) is 92.1 cm³/mol. The van der Waals surface area contributed by atoms with Gasteiger partial charge in [0.15, 0.2) is 0 Å². The van der Waals surface area contributed by atoms with Crippen molar-refractivity contribution in [2.75, 3.05) is 0 Å². The van der Waals surface area contributed by atoms with Gasteiger partial charge in [0.1, 0.15) is 0 Å². The van der Waals surface area contributed by atoms with E-state index < -0.39 is 0 Å². The summed E-state index contributed by atoms with van der Waals surface area (Å²) in [6.07, 6.45) is 8.06. The van der Waals surface area contributed by atoms with Crippen molar-refractivity contribution >= 4 is 10.8 Å². The van der Waals surface area contributed by atoms with E-state index in [9.17, 15) is 0 Å². The Morgan fingerprint density at radius 3 is 2.28 bits per heavy atom. The molecule has 4 rings (SSSR count). The monoisotopic (exact) mass is 448 g/mol. The number of hydrogen-bond donors (Lipinski definition) is 0. The van der Waals surface area contributed by atoms with Crippen LogP contribution in [0.3, 0.4) is 0 Å². The average molecular weight is 451 g/mol. The normalized spacial score (nSPS) is 12.4. The molecular formula is C20H20Cl2N2Zr. The molecule has 1 heterocycles. The molecule has 0 saturated carbocycles.